The Bertz CT molecular complexity index is 1330. The van der Waals surface area contributed by atoms with Crippen LogP contribution in [0.25, 0.3) is 10.9 Å². The number of methoxy groups -OCH3 is 1. The molecule has 1 amide bonds. The fourth-order valence-electron chi connectivity index (χ4n) is 4.18. The summed E-state index contributed by atoms with van der Waals surface area (Å²) in [5, 5.41) is 7.50. The maximum Gasteiger partial charge on any atom is 0.276 e. The van der Waals surface area contributed by atoms with Crippen LogP contribution < -0.4 is 4.74 Å². The van der Waals surface area contributed by atoms with Gasteiger partial charge in [0.2, 0.25) is 0 Å². The summed E-state index contributed by atoms with van der Waals surface area (Å²) in [5.41, 5.74) is 4.52. The molecule has 2 aromatic heterocycles. The van der Waals surface area contributed by atoms with Crippen molar-refractivity contribution in [1.82, 2.24) is 14.6 Å². The third-order valence-corrected chi connectivity index (χ3v) is 6.28. The first kappa shape index (κ1) is 20.5. The number of aromatic nitrogens is 2. The molecule has 2 aromatic carbocycles. The number of hydrogen-bond acceptors (Lipinski definition) is 4. The highest BCUT2D eigenvalue weighted by Gasteiger charge is 2.35. The minimum absolute atomic E-state index is 0.168. The van der Waals surface area contributed by atoms with E-state index in [1.165, 1.54) is 0 Å². The van der Waals surface area contributed by atoms with E-state index < -0.39 is 0 Å². The van der Waals surface area contributed by atoms with Crippen molar-refractivity contribution >= 4 is 38.5 Å². The van der Waals surface area contributed by atoms with Crippen molar-refractivity contribution in [2.75, 3.05) is 7.11 Å². The summed E-state index contributed by atoms with van der Waals surface area (Å²) in [6.07, 6.45) is 5.95. The van der Waals surface area contributed by atoms with Gasteiger partial charge in [0.25, 0.3) is 5.91 Å². The van der Waals surface area contributed by atoms with Gasteiger partial charge in [0.15, 0.2) is 0 Å². The lowest BCUT2D eigenvalue weighted by atomic mass is 9.97. The van der Waals surface area contributed by atoms with Gasteiger partial charge in [0.05, 0.1) is 24.4 Å². The van der Waals surface area contributed by atoms with Crippen LogP contribution in [-0.4, -0.2) is 33.3 Å². The van der Waals surface area contributed by atoms with E-state index >= 15 is 0 Å². The van der Waals surface area contributed by atoms with Crippen LogP contribution in [0.15, 0.2) is 82.8 Å². The van der Waals surface area contributed by atoms with Gasteiger partial charge < -0.3 is 9.30 Å². The molecule has 5 rings (SSSR count). The number of fused-ring (bicyclic) bond motifs is 1. The first-order chi connectivity index (χ1) is 15.5. The standard InChI is InChI=1S/C25H21BrN4O2/c1-29-15-21(20-12-18(26)7-10-23(20)29)24-13-22(16-5-8-19(32-2)9-6-16)28-30(24)25(31)17-4-3-11-27-14-17/h3-12,14-15,24H,13H2,1-2H3. The number of amides is 1. The smallest absolute Gasteiger partial charge is 0.276 e. The van der Waals surface area contributed by atoms with Crippen LogP contribution in [0.3, 0.4) is 0 Å². The van der Waals surface area contributed by atoms with Crippen LogP contribution in [0.2, 0.25) is 0 Å². The summed E-state index contributed by atoms with van der Waals surface area (Å²) < 4.78 is 8.37. The normalized spacial score (nSPS) is 15.8. The SMILES string of the molecule is COc1ccc(C2=NN(C(=O)c3cccnc3)C(c3cn(C)c4ccc(Br)cc34)C2)cc1. The lowest BCUT2D eigenvalue weighted by Gasteiger charge is -2.21. The molecule has 0 fully saturated rings. The van der Waals surface area contributed by atoms with Crippen LogP contribution in [0, 0.1) is 0 Å². The molecule has 0 N–H and O–H groups in total. The topological polar surface area (TPSA) is 59.7 Å². The van der Waals surface area contributed by atoms with E-state index in [1.807, 2.05) is 37.4 Å². The number of nitrogens with zero attached hydrogens (tertiary/aromatic N) is 4. The molecule has 32 heavy (non-hydrogen) atoms. The fraction of sp³-hybridized carbons (Fsp3) is 0.160. The average molecular weight is 489 g/mol. The molecule has 1 aliphatic heterocycles. The van der Waals surface area contributed by atoms with E-state index in [1.54, 1.807) is 36.6 Å². The second-order valence-corrected chi connectivity index (χ2v) is 8.66. The van der Waals surface area contributed by atoms with Crippen LogP contribution in [0.5, 0.6) is 5.75 Å². The maximum atomic E-state index is 13.5. The van der Waals surface area contributed by atoms with Gasteiger partial charge in [-0.2, -0.15) is 5.10 Å². The predicted octanol–water partition coefficient (Wildman–Crippen LogP) is 5.34. The predicted molar refractivity (Wildman–Crippen MR) is 128 cm³/mol. The van der Waals surface area contributed by atoms with Gasteiger partial charge >= 0.3 is 0 Å². The van der Waals surface area contributed by atoms with E-state index in [0.29, 0.717) is 12.0 Å². The number of rotatable bonds is 4. The Balaban J connectivity index is 1.61. The first-order valence-corrected chi connectivity index (χ1v) is 11.0. The molecule has 0 bridgehead atoms. The minimum Gasteiger partial charge on any atom is -0.497 e. The number of hydrazone groups is 1. The van der Waals surface area contributed by atoms with E-state index in [0.717, 1.165) is 38.0 Å². The molecule has 0 saturated heterocycles. The summed E-state index contributed by atoms with van der Waals surface area (Å²) in [6.45, 7) is 0. The number of hydrogen-bond donors (Lipinski definition) is 0. The Hall–Kier alpha value is -3.45. The van der Waals surface area contributed by atoms with Gasteiger partial charge in [-0.1, -0.05) is 15.9 Å². The summed E-state index contributed by atoms with van der Waals surface area (Å²) >= 11 is 3.59. The molecule has 6 nitrogen and oxygen atoms in total. The third-order valence-electron chi connectivity index (χ3n) is 5.79. The quantitative estimate of drug-likeness (QED) is 0.389. The highest BCUT2D eigenvalue weighted by atomic mass is 79.9. The Morgan fingerprint density at radius 3 is 2.69 bits per heavy atom. The van der Waals surface area contributed by atoms with Crippen LogP contribution in [-0.2, 0) is 7.05 Å². The molecule has 0 saturated carbocycles. The largest absolute Gasteiger partial charge is 0.497 e. The van der Waals surface area contributed by atoms with Gasteiger partial charge in [-0.15, -0.1) is 0 Å². The molecule has 160 valence electrons. The van der Waals surface area contributed by atoms with Crippen molar-refractivity contribution in [1.29, 1.82) is 0 Å². The van der Waals surface area contributed by atoms with Gasteiger partial charge in [0.1, 0.15) is 5.75 Å². The lowest BCUT2D eigenvalue weighted by Crippen LogP contribution is -2.27. The Labute approximate surface area is 194 Å². The monoisotopic (exact) mass is 488 g/mol. The molecule has 3 heterocycles. The zero-order valence-corrected chi connectivity index (χ0v) is 19.3. The highest BCUT2D eigenvalue weighted by molar-refractivity contribution is 9.10. The summed E-state index contributed by atoms with van der Waals surface area (Å²) in [4.78, 5) is 17.6. The van der Waals surface area contributed by atoms with Crippen molar-refractivity contribution in [2.24, 2.45) is 12.1 Å². The number of carbonyl (C=O) groups is 1. The zero-order valence-electron chi connectivity index (χ0n) is 17.7. The van der Waals surface area contributed by atoms with E-state index in [9.17, 15) is 4.79 Å². The second-order valence-electron chi connectivity index (χ2n) is 7.74. The average Bonchev–Trinajstić information content (AvgIpc) is 3.40. The Morgan fingerprint density at radius 1 is 1.16 bits per heavy atom. The molecular formula is C25H21BrN4O2. The van der Waals surface area contributed by atoms with Crippen molar-refractivity contribution in [3.05, 3.63) is 94.4 Å². The van der Waals surface area contributed by atoms with E-state index in [-0.39, 0.29) is 11.9 Å². The number of halogens is 1. The first-order valence-electron chi connectivity index (χ1n) is 10.2. The minimum atomic E-state index is -0.224. The molecule has 1 atom stereocenters. The van der Waals surface area contributed by atoms with E-state index in [4.69, 9.17) is 9.84 Å². The molecule has 4 aromatic rings. The lowest BCUT2D eigenvalue weighted by molar-refractivity contribution is 0.0711. The molecule has 1 unspecified atom stereocenters. The number of benzene rings is 2. The van der Waals surface area contributed by atoms with Crippen molar-refractivity contribution in [3.8, 4) is 5.75 Å². The van der Waals surface area contributed by atoms with Crippen molar-refractivity contribution in [3.63, 3.8) is 0 Å². The fourth-order valence-corrected chi connectivity index (χ4v) is 4.54. The highest BCUT2D eigenvalue weighted by Crippen LogP contribution is 2.39. The maximum absolute atomic E-state index is 13.5. The molecule has 0 spiro atoms. The van der Waals surface area contributed by atoms with Gasteiger partial charge in [-0.05, 0) is 60.2 Å². The molecule has 0 radical (unpaired) electrons. The van der Waals surface area contributed by atoms with Gasteiger partial charge in [0, 0.05) is 53.0 Å². The van der Waals surface area contributed by atoms with Gasteiger partial charge in [-0.25, -0.2) is 5.01 Å². The molecule has 0 aliphatic carbocycles. The molecule has 1 aliphatic rings. The van der Waals surface area contributed by atoms with Crippen LogP contribution >= 0.6 is 15.9 Å². The number of aryl methyl sites for hydroxylation is 1. The summed E-state index contributed by atoms with van der Waals surface area (Å²) in [7, 11) is 3.66. The molecular weight excluding hydrogens is 468 g/mol. The Kier molecular flexibility index (Phi) is 5.27. The van der Waals surface area contributed by atoms with Crippen LogP contribution in [0.1, 0.15) is 33.9 Å². The van der Waals surface area contributed by atoms with Crippen molar-refractivity contribution in [2.45, 2.75) is 12.5 Å². The summed E-state index contributed by atoms with van der Waals surface area (Å²) in [6, 6.07) is 17.3. The number of pyridine rings is 1. The van der Waals surface area contributed by atoms with Crippen LogP contribution in [0.4, 0.5) is 0 Å². The number of ether oxygens (including phenoxy) is 1. The third kappa shape index (κ3) is 3.58. The zero-order chi connectivity index (χ0) is 22.2. The summed E-state index contributed by atoms with van der Waals surface area (Å²) in [5.74, 6) is 0.615. The van der Waals surface area contributed by atoms with E-state index in [2.05, 4.69) is 43.8 Å². The number of carbonyl (C=O) groups excluding carboxylic acids is 1. The molecule has 7 heteroatoms. The van der Waals surface area contributed by atoms with Gasteiger partial charge in [-0.3, -0.25) is 9.78 Å². The Morgan fingerprint density at radius 2 is 1.97 bits per heavy atom. The van der Waals surface area contributed by atoms with Crippen molar-refractivity contribution < 1.29 is 9.53 Å². The second kappa shape index (κ2) is 8.24.